The first-order valence-electron chi connectivity index (χ1n) is 7.66. The van der Waals surface area contributed by atoms with Gasteiger partial charge in [0.25, 0.3) is 0 Å². The lowest BCUT2D eigenvalue weighted by Gasteiger charge is -2.39. The topological polar surface area (TPSA) is 61.9 Å². The lowest BCUT2D eigenvalue weighted by atomic mass is 9.96. The predicted octanol–water partition coefficient (Wildman–Crippen LogP) is 2.98. The molecule has 5 nitrogen and oxygen atoms in total. The predicted molar refractivity (Wildman–Crippen MR) is 85.4 cm³/mol. The Hall–Kier alpha value is -1.04. The van der Waals surface area contributed by atoms with Gasteiger partial charge in [-0.05, 0) is 33.1 Å². The standard InChI is InChI=1S/C15H26N4OS/c1-10-7-6-8-11(2)19(10)12(20)9-21-14-16-13(17-18-14)15(3,4)5/h10-11H,6-9H2,1-5H3,(H,16,17,18). The van der Waals surface area contributed by atoms with Gasteiger partial charge in [-0.2, -0.15) is 0 Å². The fourth-order valence-electron chi connectivity index (χ4n) is 2.76. The van der Waals surface area contributed by atoms with E-state index < -0.39 is 0 Å². The summed E-state index contributed by atoms with van der Waals surface area (Å²) in [6.07, 6.45) is 3.43. The fraction of sp³-hybridized carbons (Fsp3) is 0.800. The molecule has 1 aliphatic heterocycles. The van der Waals surface area contributed by atoms with E-state index in [4.69, 9.17) is 0 Å². The zero-order chi connectivity index (χ0) is 15.6. The first kappa shape index (κ1) is 16.3. The van der Waals surface area contributed by atoms with Crippen LogP contribution >= 0.6 is 11.8 Å². The van der Waals surface area contributed by atoms with E-state index in [1.807, 2.05) is 4.90 Å². The lowest BCUT2D eigenvalue weighted by Crippen LogP contribution is -2.48. The molecule has 2 atom stereocenters. The van der Waals surface area contributed by atoms with Crippen molar-refractivity contribution >= 4 is 17.7 Å². The molecular formula is C15H26N4OS. The molecule has 21 heavy (non-hydrogen) atoms. The number of aromatic nitrogens is 3. The molecule has 2 rings (SSSR count). The molecule has 1 aromatic heterocycles. The first-order chi connectivity index (χ1) is 9.79. The van der Waals surface area contributed by atoms with Gasteiger partial charge in [0.1, 0.15) is 5.82 Å². The van der Waals surface area contributed by atoms with Crippen LogP contribution in [0.25, 0.3) is 0 Å². The van der Waals surface area contributed by atoms with Crippen LogP contribution in [0.5, 0.6) is 0 Å². The molecule has 2 unspecified atom stereocenters. The van der Waals surface area contributed by atoms with Crippen LogP contribution in [0.4, 0.5) is 0 Å². The van der Waals surface area contributed by atoms with Crippen LogP contribution < -0.4 is 0 Å². The number of rotatable bonds is 3. The maximum absolute atomic E-state index is 12.4. The van der Waals surface area contributed by atoms with Gasteiger partial charge in [0.15, 0.2) is 0 Å². The van der Waals surface area contributed by atoms with E-state index >= 15 is 0 Å². The molecule has 0 bridgehead atoms. The molecule has 1 aromatic rings. The highest BCUT2D eigenvalue weighted by molar-refractivity contribution is 7.99. The Morgan fingerprint density at radius 3 is 2.48 bits per heavy atom. The summed E-state index contributed by atoms with van der Waals surface area (Å²) in [7, 11) is 0. The normalized spacial score (nSPS) is 23.4. The quantitative estimate of drug-likeness (QED) is 0.872. The summed E-state index contributed by atoms with van der Waals surface area (Å²) in [5, 5.41) is 7.81. The Balaban J connectivity index is 1.93. The highest BCUT2D eigenvalue weighted by Gasteiger charge is 2.29. The molecule has 118 valence electrons. The van der Waals surface area contributed by atoms with Gasteiger partial charge in [0.2, 0.25) is 11.1 Å². The van der Waals surface area contributed by atoms with Crippen LogP contribution in [0, 0.1) is 0 Å². The number of aromatic amines is 1. The smallest absolute Gasteiger partial charge is 0.233 e. The Morgan fingerprint density at radius 1 is 1.33 bits per heavy atom. The minimum atomic E-state index is -0.0499. The van der Waals surface area contributed by atoms with E-state index in [2.05, 4.69) is 49.8 Å². The largest absolute Gasteiger partial charge is 0.337 e. The zero-order valence-corrected chi connectivity index (χ0v) is 14.5. The van der Waals surface area contributed by atoms with E-state index in [9.17, 15) is 4.79 Å². The van der Waals surface area contributed by atoms with E-state index in [-0.39, 0.29) is 11.3 Å². The Bertz CT molecular complexity index is 484. The number of H-pyrrole nitrogens is 1. The maximum atomic E-state index is 12.4. The highest BCUT2D eigenvalue weighted by atomic mass is 32.2. The molecule has 0 saturated carbocycles. The van der Waals surface area contributed by atoms with Gasteiger partial charge in [-0.25, -0.2) is 4.98 Å². The van der Waals surface area contributed by atoms with Crippen LogP contribution in [-0.2, 0) is 10.2 Å². The summed E-state index contributed by atoms with van der Waals surface area (Å²) in [6, 6.07) is 0.693. The number of piperidine rings is 1. The molecule has 1 aliphatic rings. The monoisotopic (exact) mass is 310 g/mol. The van der Waals surface area contributed by atoms with Gasteiger partial charge in [-0.1, -0.05) is 32.5 Å². The summed E-state index contributed by atoms with van der Waals surface area (Å²) in [4.78, 5) is 18.9. The molecule has 1 fully saturated rings. The van der Waals surface area contributed by atoms with Crippen LogP contribution in [-0.4, -0.2) is 43.8 Å². The van der Waals surface area contributed by atoms with Crippen molar-refractivity contribution < 1.29 is 4.79 Å². The summed E-state index contributed by atoms with van der Waals surface area (Å²) in [6.45, 7) is 10.5. The molecule has 1 amide bonds. The highest BCUT2D eigenvalue weighted by Crippen LogP contribution is 2.25. The van der Waals surface area contributed by atoms with Crippen LogP contribution in [0.3, 0.4) is 0 Å². The number of carbonyl (C=O) groups excluding carboxylic acids is 1. The Morgan fingerprint density at radius 2 is 1.95 bits per heavy atom. The molecular weight excluding hydrogens is 284 g/mol. The third-order valence-electron chi connectivity index (χ3n) is 3.98. The number of nitrogens with one attached hydrogen (secondary N) is 1. The van der Waals surface area contributed by atoms with Gasteiger partial charge in [-0.3, -0.25) is 9.89 Å². The van der Waals surface area contributed by atoms with Crippen molar-refractivity contribution in [3.05, 3.63) is 5.82 Å². The average molecular weight is 310 g/mol. The Labute approximate surface area is 131 Å². The molecule has 6 heteroatoms. The summed E-state index contributed by atoms with van der Waals surface area (Å²) in [5.41, 5.74) is -0.0499. The lowest BCUT2D eigenvalue weighted by molar-refractivity contribution is -0.134. The second-order valence-corrected chi connectivity index (χ2v) is 7.88. The molecule has 1 N–H and O–H groups in total. The minimum Gasteiger partial charge on any atom is -0.337 e. The van der Waals surface area contributed by atoms with Gasteiger partial charge >= 0.3 is 0 Å². The summed E-state index contributed by atoms with van der Waals surface area (Å²) < 4.78 is 0. The van der Waals surface area contributed by atoms with Gasteiger partial charge in [0.05, 0.1) is 5.75 Å². The number of carbonyl (C=O) groups is 1. The third-order valence-corrected chi connectivity index (χ3v) is 4.81. The third kappa shape index (κ3) is 3.99. The molecule has 0 aliphatic carbocycles. The molecule has 1 saturated heterocycles. The van der Waals surface area contributed by atoms with Crippen molar-refractivity contribution in [2.24, 2.45) is 0 Å². The molecule has 2 heterocycles. The zero-order valence-electron chi connectivity index (χ0n) is 13.6. The number of likely N-dealkylation sites (tertiary alicyclic amines) is 1. The van der Waals surface area contributed by atoms with Gasteiger partial charge in [0, 0.05) is 17.5 Å². The molecule has 0 aromatic carbocycles. The molecule has 0 spiro atoms. The van der Waals surface area contributed by atoms with E-state index in [0.29, 0.717) is 23.0 Å². The van der Waals surface area contributed by atoms with Gasteiger partial charge < -0.3 is 4.90 Å². The Kier molecular flexibility index (Phi) is 4.96. The SMILES string of the molecule is CC1CCCC(C)N1C(=O)CSc1n[nH]c(C(C)(C)C)n1. The van der Waals surface area contributed by atoms with Crippen molar-refractivity contribution in [2.45, 2.75) is 76.5 Å². The number of nitrogens with zero attached hydrogens (tertiary/aromatic N) is 3. The van der Waals surface area contributed by atoms with E-state index in [1.165, 1.54) is 18.2 Å². The summed E-state index contributed by atoms with van der Waals surface area (Å²) >= 11 is 1.42. The van der Waals surface area contributed by atoms with Crippen molar-refractivity contribution in [1.82, 2.24) is 20.1 Å². The van der Waals surface area contributed by atoms with Crippen molar-refractivity contribution in [3.8, 4) is 0 Å². The number of thioether (sulfide) groups is 1. The van der Waals surface area contributed by atoms with E-state index in [0.717, 1.165) is 18.7 Å². The van der Waals surface area contributed by atoms with Crippen molar-refractivity contribution in [2.75, 3.05) is 5.75 Å². The van der Waals surface area contributed by atoms with Crippen LogP contribution in [0.2, 0.25) is 0 Å². The van der Waals surface area contributed by atoms with Crippen LogP contribution in [0.1, 0.15) is 59.7 Å². The fourth-order valence-corrected chi connectivity index (χ4v) is 3.43. The second-order valence-electron chi connectivity index (χ2n) is 6.94. The van der Waals surface area contributed by atoms with E-state index in [1.54, 1.807) is 0 Å². The number of hydrogen-bond donors (Lipinski definition) is 1. The minimum absolute atomic E-state index is 0.0499. The van der Waals surface area contributed by atoms with Gasteiger partial charge in [-0.15, -0.1) is 5.10 Å². The maximum Gasteiger partial charge on any atom is 0.233 e. The number of hydrogen-bond acceptors (Lipinski definition) is 4. The summed E-state index contributed by atoms with van der Waals surface area (Å²) in [5.74, 6) is 1.47. The molecule has 0 radical (unpaired) electrons. The number of amides is 1. The van der Waals surface area contributed by atoms with Crippen molar-refractivity contribution in [1.29, 1.82) is 0 Å². The van der Waals surface area contributed by atoms with Crippen LogP contribution in [0.15, 0.2) is 5.16 Å². The second kappa shape index (κ2) is 6.38. The first-order valence-corrected chi connectivity index (χ1v) is 8.64. The van der Waals surface area contributed by atoms with Crippen molar-refractivity contribution in [3.63, 3.8) is 0 Å². The average Bonchev–Trinajstić information content (AvgIpc) is 2.84.